The Morgan fingerprint density at radius 1 is 1.26 bits per heavy atom. The summed E-state index contributed by atoms with van der Waals surface area (Å²) in [5.41, 5.74) is 2.33. The molecule has 19 heavy (non-hydrogen) atoms. The molecule has 1 N–H and O–H groups in total. The van der Waals surface area contributed by atoms with Gasteiger partial charge in [-0.3, -0.25) is 4.79 Å². The lowest BCUT2D eigenvalue weighted by Gasteiger charge is -2.09. The van der Waals surface area contributed by atoms with Gasteiger partial charge in [0.1, 0.15) is 0 Å². The van der Waals surface area contributed by atoms with E-state index in [1.165, 1.54) is 0 Å². The quantitative estimate of drug-likeness (QED) is 0.880. The SMILES string of the molecule is Cc1ccc(C#N)cc1NC(=O)C1C(C)(C)C1(C)C. The molecule has 3 nitrogen and oxygen atoms in total. The van der Waals surface area contributed by atoms with Crippen molar-refractivity contribution in [3.05, 3.63) is 29.3 Å². The van der Waals surface area contributed by atoms with Crippen LogP contribution < -0.4 is 5.32 Å². The van der Waals surface area contributed by atoms with Crippen molar-refractivity contribution in [3.8, 4) is 6.07 Å². The number of nitrogens with zero attached hydrogens (tertiary/aromatic N) is 1. The first-order chi connectivity index (χ1) is 8.71. The van der Waals surface area contributed by atoms with E-state index < -0.39 is 0 Å². The Morgan fingerprint density at radius 2 is 1.84 bits per heavy atom. The van der Waals surface area contributed by atoms with E-state index in [2.05, 4.69) is 39.1 Å². The van der Waals surface area contributed by atoms with Gasteiger partial charge in [-0.1, -0.05) is 33.8 Å². The maximum absolute atomic E-state index is 12.4. The van der Waals surface area contributed by atoms with Gasteiger partial charge >= 0.3 is 0 Å². The Balaban J connectivity index is 2.20. The maximum atomic E-state index is 12.4. The van der Waals surface area contributed by atoms with E-state index in [4.69, 9.17) is 5.26 Å². The summed E-state index contributed by atoms with van der Waals surface area (Å²) in [6.45, 7) is 10.4. The van der Waals surface area contributed by atoms with Gasteiger partial charge in [-0.2, -0.15) is 5.26 Å². The summed E-state index contributed by atoms with van der Waals surface area (Å²) in [6, 6.07) is 7.44. The van der Waals surface area contributed by atoms with Gasteiger partial charge in [0.05, 0.1) is 11.6 Å². The zero-order chi connectivity index (χ0) is 14.4. The molecule has 0 atom stereocenters. The van der Waals surface area contributed by atoms with Crippen molar-refractivity contribution in [1.29, 1.82) is 5.26 Å². The third kappa shape index (κ3) is 2.02. The standard InChI is InChI=1S/C16H20N2O/c1-10-6-7-11(9-17)8-12(10)18-14(19)13-15(2,3)16(13,4)5/h6-8,13H,1-5H3,(H,18,19). The molecule has 0 heterocycles. The van der Waals surface area contributed by atoms with Crippen LogP contribution >= 0.6 is 0 Å². The summed E-state index contributed by atoms with van der Waals surface area (Å²) >= 11 is 0. The van der Waals surface area contributed by atoms with Gasteiger partial charge in [0.2, 0.25) is 5.91 Å². The van der Waals surface area contributed by atoms with Crippen LogP contribution in [0.15, 0.2) is 18.2 Å². The van der Waals surface area contributed by atoms with Crippen molar-refractivity contribution in [3.63, 3.8) is 0 Å². The molecule has 0 aliphatic heterocycles. The third-order valence-corrected chi connectivity index (χ3v) is 4.91. The van der Waals surface area contributed by atoms with Gasteiger partial charge in [-0.25, -0.2) is 0 Å². The highest BCUT2D eigenvalue weighted by molar-refractivity contribution is 5.96. The molecule has 1 fully saturated rings. The summed E-state index contributed by atoms with van der Waals surface area (Å²) in [5.74, 6) is 0.0679. The van der Waals surface area contributed by atoms with Crippen molar-refractivity contribution in [1.82, 2.24) is 0 Å². The van der Waals surface area contributed by atoms with Crippen molar-refractivity contribution >= 4 is 11.6 Å². The van der Waals surface area contributed by atoms with Crippen LogP contribution in [0.4, 0.5) is 5.69 Å². The Hall–Kier alpha value is -1.82. The molecule has 0 bridgehead atoms. The number of anilines is 1. The topological polar surface area (TPSA) is 52.9 Å². The van der Waals surface area contributed by atoms with Crippen molar-refractivity contribution in [2.75, 3.05) is 5.32 Å². The van der Waals surface area contributed by atoms with Gasteiger partial charge in [-0.15, -0.1) is 0 Å². The third-order valence-electron chi connectivity index (χ3n) is 4.91. The Kier molecular flexibility index (Phi) is 2.93. The monoisotopic (exact) mass is 256 g/mol. The zero-order valence-corrected chi connectivity index (χ0v) is 12.2. The number of hydrogen-bond donors (Lipinski definition) is 1. The Labute approximate surface area is 114 Å². The van der Waals surface area contributed by atoms with Gasteiger partial charge in [0.25, 0.3) is 0 Å². The second-order valence-corrected chi connectivity index (χ2v) is 6.51. The predicted octanol–water partition coefficient (Wildman–Crippen LogP) is 3.49. The molecule has 2 rings (SSSR count). The molecule has 1 aromatic carbocycles. The zero-order valence-electron chi connectivity index (χ0n) is 12.2. The van der Waals surface area contributed by atoms with Gasteiger partial charge in [0.15, 0.2) is 0 Å². The van der Waals surface area contributed by atoms with Crippen LogP contribution in [0.25, 0.3) is 0 Å². The first-order valence-electron chi connectivity index (χ1n) is 6.53. The average molecular weight is 256 g/mol. The smallest absolute Gasteiger partial charge is 0.228 e. The molecule has 1 amide bonds. The minimum Gasteiger partial charge on any atom is -0.326 e. The fraction of sp³-hybridized carbons (Fsp3) is 0.500. The van der Waals surface area contributed by atoms with Crippen LogP contribution in [0.1, 0.15) is 38.8 Å². The Morgan fingerprint density at radius 3 is 2.32 bits per heavy atom. The normalized spacial score (nSPS) is 19.6. The lowest BCUT2D eigenvalue weighted by atomic mass is 10.0. The van der Waals surface area contributed by atoms with E-state index in [1.807, 2.05) is 13.0 Å². The van der Waals surface area contributed by atoms with Gasteiger partial charge in [0, 0.05) is 11.6 Å². The molecular weight excluding hydrogens is 236 g/mol. The van der Waals surface area contributed by atoms with E-state index >= 15 is 0 Å². The summed E-state index contributed by atoms with van der Waals surface area (Å²) in [5, 5.41) is 11.9. The number of hydrogen-bond acceptors (Lipinski definition) is 2. The summed E-state index contributed by atoms with van der Waals surface area (Å²) in [6.07, 6.45) is 0. The minimum atomic E-state index is 0.0186. The number of benzene rings is 1. The molecule has 0 radical (unpaired) electrons. The van der Waals surface area contributed by atoms with Crippen molar-refractivity contribution in [2.45, 2.75) is 34.6 Å². The van der Waals surface area contributed by atoms with E-state index in [-0.39, 0.29) is 22.7 Å². The number of aryl methyl sites for hydroxylation is 1. The highest BCUT2D eigenvalue weighted by atomic mass is 16.2. The first kappa shape index (κ1) is 13.6. The molecule has 0 spiro atoms. The number of amides is 1. The Bertz CT molecular complexity index is 565. The molecule has 0 unspecified atom stereocenters. The van der Waals surface area contributed by atoms with Gasteiger partial charge < -0.3 is 5.32 Å². The summed E-state index contributed by atoms with van der Waals surface area (Å²) < 4.78 is 0. The molecule has 1 aliphatic rings. The molecule has 1 saturated carbocycles. The molecule has 1 aromatic rings. The largest absolute Gasteiger partial charge is 0.326 e. The number of nitrogens with one attached hydrogen (secondary N) is 1. The van der Waals surface area contributed by atoms with Crippen LogP contribution in [0, 0.1) is 35.0 Å². The average Bonchev–Trinajstić information content (AvgIpc) is 2.72. The predicted molar refractivity (Wildman–Crippen MR) is 75.6 cm³/mol. The molecule has 0 aromatic heterocycles. The second kappa shape index (κ2) is 4.09. The van der Waals surface area contributed by atoms with Crippen molar-refractivity contribution < 1.29 is 4.79 Å². The highest BCUT2D eigenvalue weighted by Crippen LogP contribution is 2.68. The van der Waals surface area contributed by atoms with E-state index in [0.717, 1.165) is 11.3 Å². The molecular formula is C16H20N2O. The van der Waals surface area contributed by atoms with Crippen LogP contribution in [0.5, 0.6) is 0 Å². The number of nitriles is 1. The fourth-order valence-electron chi connectivity index (χ4n) is 2.88. The molecule has 100 valence electrons. The lowest BCUT2D eigenvalue weighted by Crippen LogP contribution is -2.18. The molecule has 0 saturated heterocycles. The second-order valence-electron chi connectivity index (χ2n) is 6.51. The number of rotatable bonds is 2. The lowest BCUT2D eigenvalue weighted by molar-refractivity contribution is -0.118. The van der Waals surface area contributed by atoms with Crippen LogP contribution in [0.2, 0.25) is 0 Å². The first-order valence-corrected chi connectivity index (χ1v) is 6.53. The van der Waals surface area contributed by atoms with Crippen LogP contribution in [0.3, 0.4) is 0 Å². The van der Waals surface area contributed by atoms with E-state index in [9.17, 15) is 4.79 Å². The van der Waals surface area contributed by atoms with E-state index in [0.29, 0.717) is 5.56 Å². The summed E-state index contributed by atoms with van der Waals surface area (Å²) in [4.78, 5) is 12.4. The summed E-state index contributed by atoms with van der Waals surface area (Å²) in [7, 11) is 0. The molecule has 3 heteroatoms. The van der Waals surface area contributed by atoms with Crippen LogP contribution in [-0.4, -0.2) is 5.91 Å². The van der Waals surface area contributed by atoms with Crippen molar-refractivity contribution in [2.24, 2.45) is 16.7 Å². The van der Waals surface area contributed by atoms with E-state index in [1.54, 1.807) is 12.1 Å². The molecule has 1 aliphatic carbocycles. The van der Waals surface area contributed by atoms with Gasteiger partial charge in [-0.05, 0) is 35.4 Å². The highest BCUT2D eigenvalue weighted by Gasteiger charge is 2.68. The van der Waals surface area contributed by atoms with Crippen LogP contribution in [-0.2, 0) is 4.79 Å². The maximum Gasteiger partial charge on any atom is 0.228 e. The minimum absolute atomic E-state index is 0.0186. The fourth-order valence-corrected chi connectivity index (χ4v) is 2.88. The number of carbonyl (C=O) groups is 1. The number of carbonyl (C=O) groups excluding carboxylic acids is 1.